The second-order valence-electron chi connectivity index (χ2n) is 2.49. The molecule has 0 radical (unpaired) electrons. The van der Waals surface area contributed by atoms with E-state index in [1.54, 1.807) is 0 Å². The summed E-state index contributed by atoms with van der Waals surface area (Å²) < 4.78 is 46.4. The van der Waals surface area contributed by atoms with Gasteiger partial charge in [-0.3, -0.25) is 0 Å². The number of aromatic nitrogens is 1. The highest BCUT2D eigenvalue weighted by molar-refractivity contribution is 8.13. The Morgan fingerprint density at radius 2 is 2.00 bits per heavy atom. The monoisotopic (exact) mass is 276 g/mol. The third-order valence-corrected chi connectivity index (χ3v) is 3.07. The molecule has 84 valence electrons. The second kappa shape index (κ2) is 4.07. The molecule has 0 aromatic carbocycles. The van der Waals surface area contributed by atoms with E-state index in [1.807, 2.05) is 0 Å². The Bertz CT molecular complexity index is 492. The lowest BCUT2D eigenvalue weighted by Crippen LogP contribution is -2.03. The molecule has 15 heavy (non-hydrogen) atoms. The Morgan fingerprint density at radius 3 is 2.40 bits per heavy atom. The fraction of sp³-hybridized carbons (Fsp3) is 0.167. The first-order valence-electron chi connectivity index (χ1n) is 3.42. The van der Waals surface area contributed by atoms with E-state index >= 15 is 0 Å². The van der Waals surface area contributed by atoms with Crippen LogP contribution in [-0.4, -0.2) is 13.4 Å². The number of pyridine rings is 1. The first-order chi connectivity index (χ1) is 6.73. The summed E-state index contributed by atoms with van der Waals surface area (Å²) in [5.41, 5.74) is 4.44. The number of rotatable bonds is 2. The van der Waals surface area contributed by atoms with Crippen LogP contribution in [-0.2, 0) is 9.05 Å². The van der Waals surface area contributed by atoms with E-state index in [1.165, 1.54) is 0 Å². The molecule has 0 fully saturated rings. The van der Waals surface area contributed by atoms with Crippen LogP contribution in [0, 0.1) is 0 Å². The molecular weight excluding hydrogens is 273 g/mol. The average Bonchev–Trinajstić information content (AvgIpc) is 2.06. The predicted octanol–water partition coefficient (Wildman–Crippen LogP) is 2.18. The van der Waals surface area contributed by atoms with Gasteiger partial charge in [0.25, 0.3) is 15.5 Å². The van der Waals surface area contributed by atoms with Crippen molar-refractivity contribution < 1.29 is 17.2 Å². The Kier molecular flexibility index (Phi) is 3.37. The zero-order valence-corrected chi connectivity index (χ0v) is 9.24. The highest BCUT2D eigenvalue weighted by atomic mass is 35.7. The van der Waals surface area contributed by atoms with Gasteiger partial charge in [0.05, 0.1) is 5.02 Å². The van der Waals surface area contributed by atoms with Crippen LogP contribution in [0.2, 0.25) is 5.02 Å². The van der Waals surface area contributed by atoms with Crippen molar-refractivity contribution in [3.63, 3.8) is 0 Å². The summed E-state index contributed by atoms with van der Waals surface area (Å²) in [6.07, 6.45) is -2.96. The molecule has 0 aliphatic rings. The van der Waals surface area contributed by atoms with Crippen molar-refractivity contribution in [2.24, 2.45) is 0 Å². The van der Waals surface area contributed by atoms with Crippen LogP contribution in [0.3, 0.4) is 0 Å². The maximum absolute atomic E-state index is 12.4. The van der Waals surface area contributed by atoms with Gasteiger partial charge in [-0.05, 0) is 6.07 Å². The summed E-state index contributed by atoms with van der Waals surface area (Å²) in [6.45, 7) is 0. The molecule has 1 rings (SSSR count). The number of hydrogen-bond donors (Lipinski definition) is 1. The quantitative estimate of drug-likeness (QED) is 0.841. The van der Waals surface area contributed by atoms with Gasteiger partial charge < -0.3 is 5.73 Å². The van der Waals surface area contributed by atoms with Crippen molar-refractivity contribution >= 4 is 37.2 Å². The summed E-state index contributed by atoms with van der Waals surface area (Å²) >= 11 is 5.40. The number of nitrogens with two attached hydrogens (primary N) is 1. The zero-order chi connectivity index (χ0) is 11.8. The summed E-state index contributed by atoms with van der Waals surface area (Å²) in [6, 6.07) is 0.589. The van der Waals surface area contributed by atoms with Crippen molar-refractivity contribution in [1.29, 1.82) is 0 Å². The molecular formula is C6H4Cl2F2N2O2S. The molecule has 0 aliphatic carbocycles. The average molecular weight is 277 g/mol. The van der Waals surface area contributed by atoms with Crippen LogP contribution in [0.25, 0.3) is 0 Å². The molecule has 1 heterocycles. The largest absolute Gasteiger partial charge is 0.382 e. The van der Waals surface area contributed by atoms with E-state index in [0.29, 0.717) is 6.07 Å². The van der Waals surface area contributed by atoms with Gasteiger partial charge in [0.2, 0.25) is 0 Å². The van der Waals surface area contributed by atoms with Crippen LogP contribution in [0.1, 0.15) is 12.0 Å². The molecule has 0 unspecified atom stereocenters. The minimum absolute atomic E-state index is 0.478. The number of hydrogen-bond acceptors (Lipinski definition) is 4. The number of nitrogens with zero attached hydrogens (tertiary/aromatic N) is 1. The topological polar surface area (TPSA) is 73.0 Å². The Morgan fingerprint density at radius 1 is 1.47 bits per heavy atom. The molecule has 1 aromatic rings. The molecule has 9 heteroatoms. The minimum Gasteiger partial charge on any atom is -0.382 e. The number of halogens is 4. The first-order valence-corrected chi connectivity index (χ1v) is 6.11. The van der Waals surface area contributed by atoms with Gasteiger partial charge in [0.15, 0.2) is 5.03 Å². The van der Waals surface area contributed by atoms with Gasteiger partial charge in [0.1, 0.15) is 5.82 Å². The summed E-state index contributed by atoms with van der Waals surface area (Å²) in [4.78, 5) is 3.28. The number of nitrogen functional groups attached to an aromatic ring is 1. The Hall–Kier alpha value is -0.660. The van der Waals surface area contributed by atoms with Crippen LogP contribution < -0.4 is 5.73 Å². The molecule has 0 aliphatic heterocycles. The lowest BCUT2D eigenvalue weighted by molar-refractivity contribution is 0.151. The molecule has 0 saturated carbocycles. The van der Waals surface area contributed by atoms with Crippen molar-refractivity contribution in [1.82, 2.24) is 4.98 Å². The third kappa shape index (κ3) is 2.67. The maximum atomic E-state index is 12.4. The predicted molar refractivity (Wildman–Crippen MR) is 51.7 cm³/mol. The second-order valence-corrected chi connectivity index (χ2v) is 5.38. The third-order valence-electron chi connectivity index (χ3n) is 1.47. The summed E-state index contributed by atoms with van der Waals surface area (Å²) in [5, 5.41) is -1.23. The van der Waals surface area contributed by atoms with E-state index in [9.17, 15) is 17.2 Å². The van der Waals surface area contributed by atoms with Crippen molar-refractivity contribution in [2.75, 3.05) is 5.73 Å². The van der Waals surface area contributed by atoms with Crippen LogP contribution in [0.4, 0.5) is 14.6 Å². The molecule has 0 spiro atoms. The van der Waals surface area contributed by atoms with Crippen molar-refractivity contribution in [3.8, 4) is 0 Å². The molecule has 0 atom stereocenters. The number of alkyl halides is 2. The standard InChI is InChI=1S/C6H4Cl2F2N2O2S/c7-4-2(5(9)10)1-3(12-6(4)11)15(8,13)14/h1,5H,(H2,11,12). The van der Waals surface area contributed by atoms with Crippen LogP contribution in [0.15, 0.2) is 11.1 Å². The van der Waals surface area contributed by atoms with Gasteiger partial charge >= 0.3 is 0 Å². The fourth-order valence-corrected chi connectivity index (χ4v) is 1.72. The summed E-state index contributed by atoms with van der Waals surface area (Å²) in [7, 11) is 0.717. The lowest BCUT2D eigenvalue weighted by Gasteiger charge is -2.06. The molecule has 0 amide bonds. The van der Waals surface area contributed by atoms with E-state index in [-0.39, 0.29) is 0 Å². The van der Waals surface area contributed by atoms with Gasteiger partial charge in [0, 0.05) is 16.2 Å². The van der Waals surface area contributed by atoms with E-state index in [4.69, 9.17) is 28.0 Å². The van der Waals surface area contributed by atoms with E-state index in [2.05, 4.69) is 4.98 Å². The minimum atomic E-state index is -4.21. The fourth-order valence-electron chi connectivity index (χ4n) is 0.828. The Balaban J connectivity index is 3.50. The first kappa shape index (κ1) is 12.4. The smallest absolute Gasteiger partial charge is 0.278 e. The zero-order valence-electron chi connectivity index (χ0n) is 6.92. The van der Waals surface area contributed by atoms with E-state index in [0.717, 1.165) is 0 Å². The normalized spacial score (nSPS) is 12.1. The molecule has 0 saturated heterocycles. The van der Waals surface area contributed by atoms with Crippen LogP contribution >= 0.6 is 22.3 Å². The molecule has 4 nitrogen and oxygen atoms in total. The summed E-state index contributed by atoms with van der Waals surface area (Å²) in [5.74, 6) is -0.506. The molecule has 1 aromatic heterocycles. The molecule has 2 N–H and O–H groups in total. The highest BCUT2D eigenvalue weighted by Gasteiger charge is 2.21. The molecule has 0 bridgehead atoms. The Labute approximate surface area is 93.4 Å². The van der Waals surface area contributed by atoms with Crippen molar-refractivity contribution in [2.45, 2.75) is 11.5 Å². The highest BCUT2D eigenvalue weighted by Crippen LogP contribution is 2.32. The van der Waals surface area contributed by atoms with Gasteiger partial charge in [-0.1, -0.05) is 11.6 Å². The van der Waals surface area contributed by atoms with E-state index < -0.39 is 36.9 Å². The van der Waals surface area contributed by atoms with Crippen molar-refractivity contribution in [3.05, 3.63) is 16.7 Å². The SMILES string of the molecule is Nc1nc(S(=O)(=O)Cl)cc(C(F)F)c1Cl. The maximum Gasteiger partial charge on any atom is 0.278 e. The lowest BCUT2D eigenvalue weighted by atomic mass is 10.3. The number of anilines is 1. The van der Waals surface area contributed by atoms with Gasteiger partial charge in [-0.2, -0.15) is 0 Å². The van der Waals surface area contributed by atoms with Gasteiger partial charge in [-0.15, -0.1) is 0 Å². The van der Waals surface area contributed by atoms with Gasteiger partial charge in [-0.25, -0.2) is 22.2 Å². The van der Waals surface area contributed by atoms with Crippen LogP contribution in [0.5, 0.6) is 0 Å².